The number of carbonyl (C=O) groups is 1. The van der Waals surface area contributed by atoms with Crippen LogP contribution < -0.4 is 9.47 Å². The second kappa shape index (κ2) is 6.46. The van der Waals surface area contributed by atoms with Crippen molar-refractivity contribution in [3.05, 3.63) is 23.8 Å². The summed E-state index contributed by atoms with van der Waals surface area (Å²) in [6.07, 6.45) is 0.639. The highest BCUT2D eigenvalue weighted by Gasteiger charge is 2.32. The highest BCUT2D eigenvalue weighted by atomic mass is 16.6. The molecule has 0 saturated carbocycles. The Morgan fingerprint density at radius 2 is 1.95 bits per heavy atom. The number of nitrogens with zero attached hydrogens (tertiary/aromatic N) is 1. The fraction of sp³-hybridized carbons (Fsp3) is 0.588. The Morgan fingerprint density at radius 3 is 2.55 bits per heavy atom. The summed E-state index contributed by atoms with van der Waals surface area (Å²) in [7, 11) is 3.30. The van der Waals surface area contributed by atoms with E-state index in [0.717, 1.165) is 23.5 Å². The Labute approximate surface area is 132 Å². The van der Waals surface area contributed by atoms with Crippen LogP contribution in [0.5, 0.6) is 11.5 Å². The second-order valence-electron chi connectivity index (χ2n) is 6.52. The number of hydrogen-bond donors (Lipinski definition) is 0. The van der Waals surface area contributed by atoms with Gasteiger partial charge in [-0.1, -0.05) is 0 Å². The number of rotatable bonds is 3. The smallest absolute Gasteiger partial charge is 0.410 e. The van der Waals surface area contributed by atoms with E-state index in [1.54, 1.807) is 19.1 Å². The van der Waals surface area contributed by atoms with Crippen LogP contribution in [0.3, 0.4) is 0 Å². The van der Waals surface area contributed by atoms with Gasteiger partial charge in [0.05, 0.1) is 14.2 Å². The molecule has 5 nitrogen and oxygen atoms in total. The average molecular weight is 307 g/mol. The summed E-state index contributed by atoms with van der Waals surface area (Å²) in [4.78, 5) is 13.9. The molecule has 122 valence electrons. The fourth-order valence-corrected chi connectivity index (χ4v) is 2.66. The highest BCUT2D eigenvalue weighted by Crippen LogP contribution is 2.36. The van der Waals surface area contributed by atoms with Crippen molar-refractivity contribution in [2.45, 2.75) is 38.7 Å². The van der Waals surface area contributed by atoms with Gasteiger partial charge in [-0.05, 0) is 45.4 Å². The monoisotopic (exact) mass is 307 g/mol. The summed E-state index contributed by atoms with van der Waals surface area (Å²) in [5.74, 6) is 1.86. The summed E-state index contributed by atoms with van der Waals surface area (Å²) >= 11 is 0. The molecule has 1 aliphatic heterocycles. The lowest BCUT2D eigenvalue weighted by Gasteiger charge is -2.24. The minimum Gasteiger partial charge on any atom is -0.497 e. The van der Waals surface area contributed by atoms with Crippen LogP contribution in [0.25, 0.3) is 0 Å². The van der Waals surface area contributed by atoms with Gasteiger partial charge < -0.3 is 19.1 Å². The SMILES string of the molecule is COc1ccc(OC)c(C2CCN(C(=O)OC(C)(C)C)C2)c1. The lowest BCUT2D eigenvalue weighted by molar-refractivity contribution is 0.0292. The Balaban J connectivity index is 2.11. The van der Waals surface area contributed by atoms with Gasteiger partial charge in [-0.3, -0.25) is 0 Å². The molecule has 0 N–H and O–H groups in total. The van der Waals surface area contributed by atoms with Gasteiger partial charge in [0, 0.05) is 24.6 Å². The third-order valence-electron chi connectivity index (χ3n) is 3.72. The third kappa shape index (κ3) is 3.84. The minimum atomic E-state index is -0.469. The Bertz CT molecular complexity index is 536. The highest BCUT2D eigenvalue weighted by molar-refractivity contribution is 5.68. The molecule has 0 spiro atoms. The maximum Gasteiger partial charge on any atom is 0.410 e. The molecule has 1 aromatic carbocycles. The second-order valence-corrected chi connectivity index (χ2v) is 6.52. The van der Waals surface area contributed by atoms with Gasteiger partial charge in [-0.25, -0.2) is 4.79 Å². The lowest BCUT2D eigenvalue weighted by atomic mass is 9.97. The van der Waals surface area contributed by atoms with Gasteiger partial charge in [0.25, 0.3) is 0 Å². The number of amides is 1. The van der Waals surface area contributed by atoms with E-state index >= 15 is 0 Å². The molecule has 0 radical (unpaired) electrons. The van der Waals surface area contributed by atoms with Gasteiger partial charge in [-0.2, -0.15) is 0 Å². The topological polar surface area (TPSA) is 48.0 Å². The van der Waals surface area contributed by atoms with Gasteiger partial charge in [-0.15, -0.1) is 0 Å². The first kappa shape index (κ1) is 16.5. The van der Waals surface area contributed by atoms with E-state index in [2.05, 4.69) is 0 Å². The van der Waals surface area contributed by atoms with E-state index in [0.29, 0.717) is 13.1 Å². The number of likely N-dealkylation sites (tertiary alicyclic amines) is 1. The van der Waals surface area contributed by atoms with Gasteiger partial charge in [0.2, 0.25) is 0 Å². The molecular formula is C17H25NO4. The molecule has 1 fully saturated rings. The van der Waals surface area contributed by atoms with E-state index in [1.165, 1.54) is 0 Å². The first-order chi connectivity index (χ1) is 10.3. The molecule has 1 heterocycles. The molecule has 22 heavy (non-hydrogen) atoms. The van der Waals surface area contributed by atoms with Gasteiger partial charge in [0.15, 0.2) is 0 Å². The largest absolute Gasteiger partial charge is 0.497 e. The average Bonchev–Trinajstić information content (AvgIpc) is 2.94. The first-order valence-corrected chi connectivity index (χ1v) is 7.54. The van der Waals surface area contributed by atoms with Crippen molar-refractivity contribution in [3.63, 3.8) is 0 Å². The van der Waals surface area contributed by atoms with Crippen molar-refractivity contribution in [3.8, 4) is 11.5 Å². The van der Waals surface area contributed by atoms with Crippen molar-refractivity contribution in [1.82, 2.24) is 4.90 Å². The van der Waals surface area contributed by atoms with Crippen molar-refractivity contribution in [2.24, 2.45) is 0 Å². The number of carbonyl (C=O) groups excluding carboxylic acids is 1. The molecule has 1 aliphatic rings. The zero-order chi connectivity index (χ0) is 16.3. The van der Waals surface area contributed by atoms with Crippen LogP contribution in [0.4, 0.5) is 4.79 Å². The van der Waals surface area contributed by atoms with E-state index in [9.17, 15) is 4.79 Å². The van der Waals surface area contributed by atoms with Crippen LogP contribution in [0, 0.1) is 0 Å². The predicted octanol–water partition coefficient (Wildman–Crippen LogP) is 3.43. The molecule has 5 heteroatoms. The predicted molar refractivity (Wildman–Crippen MR) is 84.7 cm³/mol. The maximum absolute atomic E-state index is 12.2. The molecule has 1 amide bonds. The van der Waals surface area contributed by atoms with Gasteiger partial charge in [0.1, 0.15) is 17.1 Å². The molecule has 1 aromatic rings. The van der Waals surface area contributed by atoms with Crippen molar-refractivity contribution in [2.75, 3.05) is 27.3 Å². The maximum atomic E-state index is 12.2. The van der Waals surface area contributed by atoms with Crippen LogP contribution in [0.15, 0.2) is 18.2 Å². The summed E-state index contributed by atoms with van der Waals surface area (Å²) < 4.78 is 16.2. The van der Waals surface area contributed by atoms with Crippen molar-refractivity contribution < 1.29 is 19.0 Å². The van der Waals surface area contributed by atoms with E-state index in [-0.39, 0.29) is 12.0 Å². The van der Waals surface area contributed by atoms with E-state index in [1.807, 2.05) is 39.0 Å². The fourth-order valence-electron chi connectivity index (χ4n) is 2.66. The molecule has 1 atom stereocenters. The van der Waals surface area contributed by atoms with Crippen LogP contribution in [-0.4, -0.2) is 43.9 Å². The molecule has 0 bridgehead atoms. The quantitative estimate of drug-likeness (QED) is 0.858. The molecule has 0 aromatic heterocycles. The Kier molecular flexibility index (Phi) is 4.84. The normalized spacial score (nSPS) is 18.2. The molecule has 1 saturated heterocycles. The third-order valence-corrected chi connectivity index (χ3v) is 3.72. The summed E-state index contributed by atoms with van der Waals surface area (Å²) in [5, 5.41) is 0. The molecule has 1 unspecified atom stereocenters. The molecular weight excluding hydrogens is 282 g/mol. The molecule has 0 aliphatic carbocycles. The van der Waals surface area contributed by atoms with Crippen LogP contribution in [-0.2, 0) is 4.74 Å². The van der Waals surface area contributed by atoms with Crippen LogP contribution in [0.2, 0.25) is 0 Å². The van der Waals surface area contributed by atoms with Crippen LogP contribution in [0.1, 0.15) is 38.7 Å². The summed E-state index contributed by atoms with van der Waals surface area (Å²) in [6.45, 7) is 6.97. The Morgan fingerprint density at radius 1 is 1.23 bits per heavy atom. The number of ether oxygens (including phenoxy) is 3. The first-order valence-electron chi connectivity index (χ1n) is 7.54. The Hall–Kier alpha value is -1.91. The number of benzene rings is 1. The minimum absolute atomic E-state index is 0.234. The summed E-state index contributed by atoms with van der Waals surface area (Å²) in [6, 6.07) is 5.77. The van der Waals surface area contributed by atoms with E-state index in [4.69, 9.17) is 14.2 Å². The summed E-state index contributed by atoms with van der Waals surface area (Å²) in [5.41, 5.74) is 0.607. The van der Waals surface area contributed by atoms with Crippen LogP contribution >= 0.6 is 0 Å². The van der Waals surface area contributed by atoms with Crippen molar-refractivity contribution in [1.29, 1.82) is 0 Å². The lowest BCUT2D eigenvalue weighted by Crippen LogP contribution is -2.35. The van der Waals surface area contributed by atoms with Gasteiger partial charge >= 0.3 is 6.09 Å². The van der Waals surface area contributed by atoms with Crippen molar-refractivity contribution >= 4 is 6.09 Å². The zero-order valence-electron chi connectivity index (χ0n) is 14.0. The van der Waals surface area contributed by atoms with E-state index < -0.39 is 5.60 Å². The zero-order valence-corrected chi connectivity index (χ0v) is 14.0. The number of methoxy groups -OCH3 is 2. The number of hydrogen-bond acceptors (Lipinski definition) is 4. The molecule has 2 rings (SSSR count). The standard InChI is InChI=1S/C17H25NO4/c1-17(2,3)22-16(19)18-9-8-12(11-18)14-10-13(20-4)6-7-15(14)21-5/h6-7,10,12H,8-9,11H2,1-5H3.